The zero-order chi connectivity index (χ0) is 17.0. The van der Waals surface area contributed by atoms with Crippen LogP contribution in [0.25, 0.3) is 0 Å². The van der Waals surface area contributed by atoms with Crippen LogP contribution in [0.2, 0.25) is 0 Å². The Morgan fingerprint density at radius 3 is 2.38 bits per heavy atom. The maximum Gasteiger partial charge on any atom is 0.410 e. The number of hydrogen-bond donors (Lipinski definition) is 0. The molecule has 4 heteroatoms. The molecule has 1 aliphatic rings. The molecule has 0 bridgehead atoms. The van der Waals surface area contributed by atoms with E-state index in [0.717, 1.165) is 44.9 Å². The topological polar surface area (TPSA) is 46.6 Å². The van der Waals surface area contributed by atoms with Crippen LogP contribution < -0.4 is 0 Å². The summed E-state index contributed by atoms with van der Waals surface area (Å²) in [6, 6.07) is 10.5. The largest absolute Gasteiger partial charge is 0.447 e. The van der Waals surface area contributed by atoms with Crippen LogP contribution in [0.3, 0.4) is 0 Å². The predicted molar refractivity (Wildman–Crippen MR) is 95.0 cm³/mol. The van der Waals surface area contributed by atoms with Gasteiger partial charge >= 0.3 is 6.09 Å². The molecule has 0 aromatic heterocycles. The summed E-state index contributed by atoms with van der Waals surface area (Å²) >= 11 is 0. The van der Waals surface area contributed by atoms with E-state index in [0.29, 0.717) is 13.0 Å². The molecule has 1 aromatic carbocycles. The zero-order valence-corrected chi connectivity index (χ0v) is 14.5. The maximum absolute atomic E-state index is 11.9. The molecule has 132 valence electrons. The van der Waals surface area contributed by atoms with Gasteiger partial charge in [-0.05, 0) is 24.8 Å². The van der Waals surface area contributed by atoms with Gasteiger partial charge in [-0.2, -0.15) is 0 Å². The SMILES string of the molecule is O=CCCCCCCCCCN1C(=O)OCC1Cc1ccccc1. The van der Waals surface area contributed by atoms with Crippen LogP contribution in [0, 0.1) is 0 Å². The summed E-state index contributed by atoms with van der Waals surface area (Å²) in [5, 5.41) is 0. The molecule has 24 heavy (non-hydrogen) atoms. The Balaban J connectivity index is 1.61. The Bertz CT molecular complexity index is 489. The van der Waals surface area contributed by atoms with Crippen molar-refractivity contribution in [1.29, 1.82) is 0 Å². The average molecular weight is 331 g/mol. The Labute approximate surface area is 145 Å². The minimum absolute atomic E-state index is 0.162. The second kappa shape index (κ2) is 10.8. The highest BCUT2D eigenvalue weighted by Crippen LogP contribution is 2.18. The van der Waals surface area contributed by atoms with E-state index < -0.39 is 0 Å². The minimum Gasteiger partial charge on any atom is -0.447 e. The molecule has 2 rings (SSSR count). The van der Waals surface area contributed by atoms with Crippen molar-refractivity contribution in [2.75, 3.05) is 13.2 Å². The molecule has 1 saturated heterocycles. The van der Waals surface area contributed by atoms with Crippen molar-refractivity contribution in [2.24, 2.45) is 0 Å². The lowest BCUT2D eigenvalue weighted by Gasteiger charge is -2.21. The van der Waals surface area contributed by atoms with E-state index in [2.05, 4.69) is 12.1 Å². The van der Waals surface area contributed by atoms with Crippen molar-refractivity contribution in [1.82, 2.24) is 4.90 Å². The van der Waals surface area contributed by atoms with E-state index >= 15 is 0 Å². The smallest absolute Gasteiger partial charge is 0.410 e. The third-order valence-electron chi connectivity index (χ3n) is 4.61. The summed E-state index contributed by atoms with van der Waals surface area (Å²) < 4.78 is 5.24. The van der Waals surface area contributed by atoms with Crippen LogP contribution in [-0.4, -0.2) is 36.5 Å². The van der Waals surface area contributed by atoms with Gasteiger partial charge in [0.15, 0.2) is 0 Å². The van der Waals surface area contributed by atoms with Gasteiger partial charge in [-0.25, -0.2) is 4.79 Å². The highest BCUT2D eigenvalue weighted by Gasteiger charge is 2.32. The minimum atomic E-state index is -0.162. The molecule has 4 nitrogen and oxygen atoms in total. The molecule has 0 aliphatic carbocycles. The van der Waals surface area contributed by atoms with Crippen LogP contribution in [0.15, 0.2) is 30.3 Å². The Morgan fingerprint density at radius 2 is 1.67 bits per heavy atom. The highest BCUT2D eigenvalue weighted by molar-refractivity contribution is 5.70. The number of hydrogen-bond acceptors (Lipinski definition) is 3. The highest BCUT2D eigenvalue weighted by atomic mass is 16.6. The van der Waals surface area contributed by atoms with Crippen molar-refractivity contribution in [3.8, 4) is 0 Å². The summed E-state index contributed by atoms with van der Waals surface area (Å²) in [6.45, 7) is 1.30. The molecule has 1 heterocycles. The van der Waals surface area contributed by atoms with Gasteiger partial charge in [-0.1, -0.05) is 62.4 Å². The van der Waals surface area contributed by atoms with Crippen LogP contribution in [0.5, 0.6) is 0 Å². The van der Waals surface area contributed by atoms with Crippen LogP contribution in [-0.2, 0) is 16.0 Å². The van der Waals surface area contributed by atoms with Gasteiger partial charge in [-0.3, -0.25) is 0 Å². The normalized spacial score (nSPS) is 17.1. The Kier molecular flexibility index (Phi) is 8.36. The third kappa shape index (κ3) is 6.34. The number of cyclic esters (lactones) is 1. The number of carbonyl (C=O) groups excluding carboxylic acids is 2. The van der Waals surface area contributed by atoms with Gasteiger partial charge in [0.25, 0.3) is 0 Å². The van der Waals surface area contributed by atoms with E-state index in [9.17, 15) is 9.59 Å². The molecular weight excluding hydrogens is 302 g/mol. The van der Waals surface area contributed by atoms with Crippen molar-refractivity contribution < 1.29 is 14.3 Å². The number of carbonyl (C=O) groups is 2. The van der Waals surface area contributed by atoms with Gasteiger partial charge < -0.3 is 14.4 Å². The first-order valence-corrected chi connectivity index (χ1v) is 9.22. The summed E-state index contributed by atoms with van der Waals surface area (Å²) in [5.41, 5.74) is 1.25. The average Bonchev–Trinajstić information content (AvgIpc) is 2.94. The van der Waals surface area contributed by atoms with E-state index in [1.54, 1.807) is 0 Å². The van der Waals surface area contributed by atoms with Crippen LogP contribution in [0.1, 0.15) is 56.9 Å². The summed E-state index contributed by atoms with van der Waals surface area (Å²) in [7, 11) is 0. The van der Waals surface area contributed by atoms with Crippen molar-refractivity contribution in [3.63, 3.8) is 0 Å². The lowest BCUT2D eigenvalue weighted by atomic mass is 10.1. The molecule has 0 spiro atoms. The molecule has 1 fully saturated rings. The van der Waals surface area contributed by atoms with Gasteiger partial charge in [0.05, 0.1) is 6.04 Å². The number of amides is 1. The van der Waals surface area contributed by atoms with E-state index in [1.807, 2.05) is 23.1 Å². The first-order valence-electron chi connectivity index (χ1n) is 9.22. The second-order valence-corrected chi connectivity index (χ2v) is 6.54. The summed E-state index contributed by atoms with van der Waals surface area (Å²) in [6.07, 6.45) is 10.4. The maximum atomic E-state index is 11.9. The fraction of sp³-hybridized carbons (Fsp3) is 0.600. The molecule has 1 aromatic rings. The fourth-order valence-corrected chi connectivity index (χ4v) is 3.21. The van der Waals surface area contributed by atoms with Gasteiger partial charge in [-0.15, -0.1) is 0 Å². The molecule has 1 unspecified atom stereocenters. The molecule has 1 amide bonds. The number of aldehydes is 1. The van der Waals surface area contributed by atoms with E-state index in [4.69, 9.17) is 4.74 Å². The monoisotopic (exact) mass is 331 g/mol. The molecule has 1 aliphatic heterocycles. The number of nitrogens with zero attached hydrogens (tertiary/aromatic N) is 1. The first kappa shape index (κ1) is 18.5. The lowest BCUT2D eigenvalue weighted by molar-refractivity contribution is -0.107. The van der Waals surface area contributed by atoms with Crippen molar-refractivity contribution in [2.45, 2.75) is 63.8 Å². The number of ether oxygens (including phenoxy) is 1. The fourth-order valence-electron chi connectivity index (χ4n) is 3.21. The molecular formula is C20H29NO3. The first-order chi connectivity index (χ1) is 11.8. The van der Waals surface area contributed by atoms with E-state index in [1.165, 1.54) is 24.8 Å². The summed E-state index contributed by atoms with van der Waals surface area (Å²) in [4.78, 5) is 24.0. The second-order valence-electron chi connectivity index (χ2n) is 6.54. The Morgan fingerprint density at radius 1 is 1.00 bits per heavy atom. The number of rotatable bonds is 12. The number of unbranched alkanes of at least 4 members (excludes halogenated alkanes) is 7. The van der Waals surface area contributed by atoms with Gasteiger partial charge in [0.2, 0.25) is 0 Å². The van der Waals surface area contributed by atoms with Crippen LogP contribution >= 0.6 is 0 Å². The zero-order valence-electron chi connectivity index (χ0n) is 14.5. The van der Waals surface area contributed by atoms with Gasteiger partial charge in [0.1, 0.15) is 12.9 Å². The van der Waals surface area contributed by atoms with E-state index in [-0.39, 0.29) is 12.1 Å². The molecule has 0 saturated carbocycles. The molecule has 0 radical (unpaired) electrons. The van der Waals surface area contributed by atoms with Crippen molar-refractivity contribution in [3.05, 3.63) is 35.9 Å². The number of benzene rings is 1. The van der Waals surface area contributed by atoms with Crippen molar-refractivity contribution >= 4 is 12.4 Å². The van der Waals surface area contributed by atoms with Crippen LogP contribution in [0.4, 0.5) is 4.79 Å². The molecule has 0 N–H and O–H groups in total. The molecule has 1 atom stereocenters. The lowest BCUT2D eigenvalue weighted by Crippen LogP contribution is -2.35. The summed E-state index contributed by atoms with van der Waals surface area (Å²) in [5.74, 6) is 0. The quantitative estimate of drug-likeness (QED) is 0.422. The standard InChI is InChI=1S/C20H29NO3/c22-15-11-6-4-2-1-3-5-10-14-21-19(17-24-20(21)23)16-18-12-8-7-9-13-18/h7-9,12-13,15,19H,1-6,10-11,14,16-17H2. The van der Waals surface area contributed by atoms with Gasteiger partial charge in [0, 0.05) is 13.0 Å². The third-order valence-corrected chi connectivity index (χ3v) is 4.61. The predicted octanol–water partition coefficient (Wildman–Crippen LogP) is 4.37. The Hall–Kier alpha value is -1.84.